The molecule has 0 saturated heterocycles. The first-order valence-corrected chi connectivity index (χ1v) is 5.22. The summed E-state index contributed by atoms with van der Waals surface area (Å²) in [5, 5.41) is 8.51. The summed E-state index contributed by atoms with van der Waals surface area (Å²) in [5.74, 6) is -0.0880. The number of alkyl halides is 3. The van der Waals surface area contributed by atoms with Gasteiger partial charge < -0.3 is 9.47 Å². The topological polar surface area (TPSA) is 42.2 Å². The van der Waals surface area contributed by atoms with Crippen LogP contribution in [0.3, 0.4) is 0 Å². The maximum Gasteiger partial charge on any atom is 0.573 e. The highest BCUT2D eigenvalue weighted by Gasteiger charge is 2.32. The number of halogens is 4. The minimum absolute atomic E-state index is 0.0949. The van der Waals surface area contributed by atoms with Crippen molar-refractivity contribution in [2.75, 3.05) is 0 Å². The van der Waals surface area contributed by atoms with Gasteiger partial charge in [-0.15, -0.1) is 13.2 Å². The largest absolute Gasteiger partial charge is 0.573 e. The Morgan fingerprint density at radius 1 is 1.41 bits per heavy atom. The predicted molar refractivity (Wildman–Crippen MR) is 56.5 cm³/mol. The molecule has 17 heavy (non-hydrogen) atoms. The van der Waals surface area contributed by atoms with Crippen LogP contribution < -0.4 is 9.47 Å². The number of ether oxygens (including phenoxy) is 2. The van der Waals surface area contributed by atoms with E-state index in [1.807, 2.05) is 6.07 Å². The van der Waals surface area contributed by atoms with Crippen LogP contribution in [-0.4, -0.2) is 12.5 Å². The number of nitriles is 1. The molecule has 0 amide bonds. The quantitative estimate of drug-likeness (QED) is 0.856. The van der Waals surface area contributed by atoms with Crippen molar-refractivity contribution in [1.29, 1.82) is 5.26 Å². The van der Waals surface area contributed by atoms with Crippen molar-refractivity contribution >= 4 is 15.9 Å². The third-order valence-electron chi connectivity index (χ3n) is 1.62. The Bertz CT molecular complexity index is 442. The van der Waals surface area contributed by atoms with Gasteiger partial charge >= 0.3 is 6.36 Å². The van der Waals surface area contributed by atoms with Crippen LogP contribution >= 0.6 is 15.9 Å². The van der Waals surface area contributed by atoms with Gasteiger partial charge in [0.25, 0.3) is 0 Å². The average molecular weight is 310 g/mol. The zero-order chi connectivity index (χ0) is 13.1. The van der Waals surface area contributed by atoms with E-state index in [-0.39, 0.29) is 16.0 Å². The zero-order valence-electron chi connectivity index (χ0n) is 8.58. The van der Waals surface area contributed by atoms with Gasteiger partial charge in [-0.3, -0.25) is 0 Å². The lowest BCUT2D eigenvalue weighted by Gasteiger charge is -2.12. The molecule has 0 spiro atoms. The highest BCUT2D eigenvalue weighted by Crippen LogP contribution is 2.33. The summed E-state index contributed by atoms with van der Waals surface area (Å²) < 4.78 is 44.9. The molecule has 0 radical (unpaired) electrons. The van der Waals surface area contributed by atoms with E-state index in [1.54, 1.807) is 0 Å². The van der Waals surface area contributed by atoms with E-state index in [2.05, 4.69) is 20.7 Å². The second-order valence-electron chi connectivity index (χ2n) is 3.03. The fraction of sp³-hybridized carbons (Fsp3) is 0.300. The molecule has 1 aromatic carbocycles. The lowest BCUT2D eigenvalue weighted by Crippen LogP contribution is -2.17. The molecule has 1 aromatic rings. The van der Waals surface area contributed by atoms with Gasteiger partial charge in [0.2, 0.25) is 0 Å². The Hall–Kier alpha value is -1.42. The van der Waals surface area contributed by atoms with E-state index in [0.29, 0.717) is 0 Å². The molecule has 0 saturated carbocycles. The molecule has 0 aromatic heterocycles. The molecule has 0 fully saturated rings. The van der Waals surface area contributed by atoms with Gasteiger partial charge in [0.15, 0.2) is 6.10 Å². The second kappa shape index (κ2) is 5.27. The summed E-state index contributed by atoms with van der Waals surface area (Å²) in [6.07, 6.45) is -5.43. The van der Waals surface area contributed by atoms with Crippen molar-refractivity contribution in [2.45, 2.75) is 19.4 Å². The Labute approximate surface area is 104 Å². The highest BCUT2D eigenvalue weighted by atomic mass is 79.9. The Balaban J connectivity index is 2.84. The molecule has 3 nitrogen and oxygen atoms in total. The minimum Gasteiger partial charge on any atom is -0.476 e. The molecule has 7 heteroatoms. The zero-order valence-corrected chi connectivity index (χ0v) is 10.2. The van der Waals surface area contributed by atoms with Crippen molar-refractivity contribution in [3.63, 3.8) is 0 Å². The first-order chi connectivity index (χ1) is 7.81. The van der Waals surface area contributed by atoms with Gasteiger partial charge in [0.1, 0.15) is 17.6 Å². The first-order valence-electron chi connectivity index (χ1n) is 4.43. The normalized spacial score (nSPS) is 12.7. The van der Waals surface area contributed by atoms with Gasteiger partial charge in [-0.2, -0.15) is 5.26 Å². The van der Waals surface area contributed by atoms with E-state index in [9.17, 15) is 13.2 Å². The van der Waals surface area contributed by atoms with Crippen LogP contribution in [0.2, 0.25) is 0 Å². The van der Waals surface area contributed by atoms with Crippen LogP contribution in [0, 0.1) is 11.3 Å². The molecule has 92 valence electrons. The minimum atomic E-state index is -4.75. The molecule has 0 aliphatic heterocycles. The highest BCUT2D eigenvalue weighted by molar-refractivity contribution is 9.10. The fourth-order valence-corrected chi connectivity index (χ4v) is 1.43. The second-order valence-corrected chi connectivity index (χ2v) is 3.88. The molecule has 0 heterocycles. The molecule has 0 bridgehead atoms. The molecule has 1 atom stereocenters. The average Bonchev–Trinajstić information content (AvgIpc) is 2.20. The van der Waals surface area contributed by atoms with Crippen molar-refractivity contribution in [3.8, 4) is 17.6 Å². The Morgan fingerprint density at radius 3 is 2.53 bits per heavy atom. The maximum absolute atomic E-state index is 12.0. The molecular weight excluding hydrogens is 303 g/mol. The first kappa shape index (κ1) is 13.6. The van der Waals surface area contributed by atoms with E-state index in [4.69, 9.17) is 10.00 Å². The van der Waals surface area contributed by atoms with E-state index in [1.165, 1.54) is 19.1 Å². The Kier molecular flexibility index (Phi) is 4.23. The van der Waals surface area contributed by atoms with Gasteiger partial charge in [-0.05, 0) is 41.1 Å². The van der Waals surface area contributed by atoms with E-state index < -0.39 is 12.5 Å². The molecule has 0 N–H and O–H groups in total. The summed E-state index contributed by atoms with van der Waals surface area (Å²) in [6.45, 7) is 1.52. The lowest BCUT2D eigenvalue weighted by molar-refractivity contribution is -0.274. The number of nitrogens with zero attached hydrogens (tertiary/aromatic N) is 1. The number of hydrogen-bond acceptors (Lipinski definition) is 3. The summed E-state index contributed by atoms with van der Waals surface area (Å²) in [6, 6.07) is 5.54. The molecule has 1 unspecified atom stereocenters. The summed E-state index contributed by atoms with van der Waals surface area (Å²) in [5.41, 5.74) is 0. The number of rotatable bonds is 3. The van der Waals surface area contributed by atoms with Crippen LogP contribution in [0.1, 0.15) is 6.92 Å². The van der Waals surface area contributed by atoms with Crippen LogP contribution in [0.5, 0.6) is 11.5 Å². The fourth-order valence-electron chi connectivity index (χ4n) is 0.993. The molecule has 0 aliphatic carbocycles. The summed E-state index contributed by atoms with van der Waals surface area (Å²) in [4.78, 5) is 0. The summed E-state index contributed by atoms with van der Waals surface area (Å²) in [7, 11) is 0. The van der Waals surface area contributed by atoms with Crippen LogP contribution in [0.25, 0.3) is 0 Å². The van der Waals surface area contributed by atoms with Crippen LogP contribution in [0.4, 0.5) is 13.2 Å². The van der Waals surface area contributed by atoms with Crippen LogP contribution in [0.15, 0.2) is 22.7 Å². The molecular formula is C10H7BrF3NO2. The van der Waals surface area contributed by atoms with Crippen molar-refractivity contribution < 1.29 is 22.6 Å². The van der Waals surface area contributed by atoms with Gasteiger partial charge in [-0.1, -0.05) is 0 Å². The van der Waals surface area contributed by atoms with Gasteiger partial charge in [-0.25, -0.2) is 0 Å². The van der Waals surface area contributed by atoms with E-state index >= 15 is 0 Å². The monoisotopic (exact) mass is 309 g/mol. The number of hydrogen-bond donors (Lipinski definition) is 0. The SMILES string of the molecule is CC(C#N)Oc1ccc(OC(F)(F)F)c(Br)c1. The van der Waals surface area contributed by atoms with Crippen molar-refractivity contribution in [3.05, 3.63) is 22.7 Å². The lowest BCUT2D eigenvalue weighted by atomic mass is 10.3. The van der Waals surface area contributed by atoms with Crippen molar-refractivity contribution in [2.24, 2.45) is 0 Å². The molecule has 1 rings (SSSR count). The van der Waals surface area contributed by atoms with Crippen molar-refractivity contribution in [1.82, 2.24) is 0 Å². The predicted octanol–water partition coefficient (Wildman–Crippen LogP) is 3.64. The van der Waals surface area contributed by atoms with E-state index in [0.717, 1.165) is 6.07 Å². The summed E-state index contributed by atoms with van der Waals surface area (Å²) >= 11 is 2.92. The van der Waals surface area contributed by atoms with Gasteiger partial charge in [0.05, 0.1) is 4.47 Å². The van der Waals surface area contributed by atoms with Gasteiger partial charge in [0, 0.05) is 0 Å². The maximum atomic E-state index is 12.0. The number of benzene rings is 1. The standard InChI is InChI=1S/C10H7BrF3NO2/c1-6(5-15)16-7-2-3-9(8(11)4-7)17-10(12,13)14/h2-4,6H,1H3. The Morgan fingerprint density at radius 2 is 2.06 bits per heavy atom. The van der Waals surface area contributed by atoms with Crippen LogP contribution in [-0.2, 0) is 0 Å². The third kappa shape index (κ3) is 4.53. The molecule has 0 aliphatic rings. The third-order valence-corrected chi connectivity index (χ3v) is 2.24. The smallest absolute Gasteiger partial charge is 0.476 e.